The van der Waals surface area contributed by atoms with Crippen LogP contribution < -0.4 is 16.0 Å². The van der Waals surface area contributed by atoms with Gasteiger partial charge in [0.05, 0.1) is 0 Å². The largest absolute Gasteiger partial charge is 0.351 e. The Morgan fingerprint density at radius 2 is 1.58 bits per heavy atom. The quantitative estimate of drug-likeness (QED) is 0.715. The molecule has 2 saturated heterocycles. The summed E-state index contributed by atoms with van der Waals surface area (Å²) in [6.45, 7) is 1.33. The number of nitrogens with one attached hydrogen (secondary N) is 3. The predicted molar refractivity (Wildman–Crippen MR) is 89.3 cm³/mol. The minimum atomic E-state index is -0.384. The Bertz CT molecular complexity index is 482. The maximum atomic E-state index is 12.3. The van der Waals surface area contributed by atoms with Gasteiger partial charge in [-0.3, -0.25) is 9.59 Å². The summed E-state index contributed by atoms with van der Waals surface area (Å²) in [4.78, 5) is 37.5. The zero-order valence-corrected chi connectivity index (χ0v) is 14.2. The van der Waals surface area contributed by atoms with Gasteiger partial charge in [-0.15, -0.1) is 0 Å². The van der Waals surface area contributed by atoms with Crippen molar-refractivity contribution in [3.63, 3.8) is 0 Å². The molecule has 1 saturated carbocycles. The van der Waals surface area contributed by atoms with Gasteiger partial charge >= 0.3 is 6.03 Å². The van der Waals surface area contributed by atoms with Crippen LogP contribution in [0, 0.1) is 0 Å². The van der Waals surface area contributed by atoms with E-state index < -0.39 is 0 Å². The number of hydrogen-bond donors (Lipinski definition) is 3. The molecule has 3 N–H and O–H groups in total. The van der Waals surface area contributed by atoms with Gasteiger partial charge in [0.2, 0.25) is 11.8 Å². The molecule has 0 radical (unpaired) electrons. The Labute approximate surface area is 142 Å². The zero-order valence-electron chi connectivity index (χ0n) is 14.2. The Morgan fingerprint density at radius 1 is 0.917 bits per heavy atom. The molecular formula is C17H28N4O3. The summed E-state index contributed by atoms with van der Waals surface area (Å²) in [6.07, 6.45) is 8.41. The molecule has 1 aliphatic carbocycles. The topological polar surface area (TPSA) is 90.5 Å². The van der Waals surface area contributed by atoms with Crippen LogP contribution in [0.5, 0.6) is 0 Å². The maximum absolute atomic E-state index is 12.3. The highest BCUT2D eigenvalue weighted by molar-refractivity contribution is 5.90. The van der Waals surface area contributed by atoms with Gasteiger partial charge < -0.3 is 20.9 Å². The second kappa shape index (κ2) is 7.85. The van der Waals surface area contributed by atoms with Crippen LogP contribution in [0.15, 0.2) is 0 Å². The number of nitrogens with zero attached hydrogens (tertiary/aromatic N) is 1. The first kappa shape index (κ1) is 17.0. The molecule has 24 heavy (non-hydrogen) atoms. The van der Waals surface area contributed by atoms with E-state index in [1.54, 1.807) is 0 Å². The van der Waals surface area contributed by atoms with Crippen molar-refractivity contribution < 1.29 is 14.4 Å². The van der Waals surface area contributed by atoms with E-state index in [0.29, 0.717) is 32.0 Å². The number of hydrogen-bond acceptors (Lipinski definition) is 3. The van der Waals surface area contributed by atoms with Gasteiger partial charge in [-0.2, -0.15) is 0 Å². The van der Waals surface area contributed by atoms with Gasteiger partial charge in [0.25, 0.3) is 0 Å². The van der Waals surface area contributed by atoms with Crippen molar-refractivity contribution in [1.82, 2.24) is 20.9 Å². The first-order valence-electron chi connectivity index (χ1n) is 9.27. The monoisotopic (exact) mass is 336 g/mol. The number of piperidine rings is 1. The number of carbonyl (C=O) groups is 3. The smallest absolute Gasteiger partial charge is 0.317 e. The molecule has 1 atom stereocenters. The van der Waals surface area contributed by atoms with Crippen molar-refractivity contribution in [2.75, 3.05) is 13.1 Å². The lowest BCUT2D eigenvalue weighted by molar-refractivity contribution is -0.126. The number of carbonyl (C=O) groups excluding carboxylic acids is 3. The molecule has 3 aliphatic rings. The zero-order chi connectivity index (χ0) is 16.9. The van der Waals surface area contributed by atoms with Gasteiger partial charge in [-0.25, -0.2) is 4.79 Å². The molecule has 2 aliphatic heterocycles. The fourth-order valence-corrected chi connectivity index (χ4v) is 3.85. The average Bonchev–Trinajstić information content (AvgIpc) is 3.03. The Hall–Kier alpha value is -1.79. The molecule has 2 heterocycles. The second-order valence-electron chi connectivity index (χ2n) is 7.21. The summed E-state index contributed by atoms with van der Waals surface area (Å²) < 4.78 is 0. The summed E-state index contributed by atoms with van der Waals surface area (Å²) in [5.41, 5.74) is 0. The Kier molecular flexibility index (Phi) is 5.58. The van der Waals surface area contributed by atoms with Crippen LogP contribution in [-0.2, 0) is 9.59 Å². The fourth-order valence-electron chi connectivity index (χ4n) is 3.85. The minimum absolute atomic E-state index is 0.0368. The molecule has 0 aromatic rings. The van der Waals surface area contributed by atoms with Crippen LogP contribution in [0.1, 0.15) is 57.8 Å². The van der Waals surface area contributed by atoms with Crippen LogP contribution in [0.2, 0.25) is 0 Å². The Balaban J connectivity index is 1.38. The third kappa shape index (κ3) is 4.39. The van der Waals surface area contributed by atoms with Crippen LogP contribution >= 0.6 is 0 Å². The summed E-state index contributed by atoms with van der Waals surface area (Å²) in [5, 5.41) is 8.85. The maximum Gasteiger partial charge on any atom is 0.317 e. The molecule has 0 bridgehead atoms. The lowest BCUT2D eigenvalue weighted by Gasteiger charge is -2.34. The third-order valence-electron chi connectivity index (χ3n) is 5.37. The first-order valence-corrected chi connectivity index (χ1v) is 9.27. The molecule has 134 valence electrons. The molecule has 3 fully saturated rings. The van der Waals surface area contributed by atoms with Gasteiger partial charge in [0, 0.05) is 31.6 Å². The van der Waals surface area contributed by atoms with Crippen molar-refractivity contribution in [3.05, 3.63) is 0 Å². The van der Waals surface area contributed by atoms with E-state index in [2.05, 4.69) is 16.0 Å². The van der Waals surface area contributed by atoms with Crippen LogP contribution in [-0.4, -0.2) is 54.0 Å². The highest BCUT2D eigenvalue weighted by atomic mass is 16.2. The van der Waals surface area contributed by atoms with E-state index >= 15 is 0 Å². The number of urea groups is 1. The van der Waals surface area contributed by atoms with Gasteiger partial charge in [0.15, 0.2) is 0 Å². The standard InChI is InChI=1S/C17H28N4O3/c22-15-7-6-14(20-15)16(23)18-13-8-10-21(11-9-13)17(24)19-12-4-2-1-3-5-12/h12-14H,1-11H2,(H,18,23)(H,19,24)(H,20,22). The summed E-state index contributed by atoms with van der Waals surface area (Å²) >= 11 is 0. The molecule has 7 heteroatoms. The molecule has 0 spiro atoms. The molecular weight excluding hydrogens is 308 g/mol. The second-order valence-corrected chi connectivity index (χ2v) is 7.21. The average molecular weight is 336 g/mol. The van der Waals surface area contributed by atoms with E-state index in [1.807, 2.05) is 4.90 Å². The number of likely N-dealkylation sites (tertiary alicyclic amines) is 1. The predicted octanol–water partition coefficient (Wildman–Crippen LogP) is 0.888. The summed E-state index contributed by atoms with van der Waals surface area (Å²) in [5.74, 6) is -0.143. The normalized spacial score (nSPS) is 26.1. The summed E-state index contributed by atoms with van der Waals surface area (Å²) in [6, 6.07) is 0.0725. The van der Waals surface area contributed by atoms with Crippen LogP contribution in [0.25, 0.3) is 0 Å². The first-order chi connectivity index (χ1) is 11.6. The van der Waals surface area contributed by atoms with Crippen molar-refractivity contribution in [2.24, 2.45) is 0 Å². The van der Waals surface area contributed by atoms with Gasteiger partial charge in [-0.05, 0) is 32.1 Å². The third-order valence-corrected chi connectivity index (χ3v) is 5.37. The molecule has 4 amide bonds. The highest BCUT2D eigenvalue weighted by Crippen LogP contribution is 2.18. The van der Waals surface area contributed by atoms with Gasteiger partial charge in [0.1, 0.15) is 6.04 Å². The number of rotatable bonds is 3. The van der Waals surface area contributed by atoms with Crippen LogP contribution in [0.3, 0.4) is 0 Å². The molecule has 1 unspecified atom stereocenters. The van der Waals surface area contributed by atoms with Gasteiger partial charge in [-0.1, -0.05) is 19.3 Å². The molecule has 7 nitrogen and oxygen atoms in total. The van der Waals surface area contributed by atoms with Crippen molar-refractivity contribution in [1.29, 1.82) is 0 Å². The minimum Gasteiger partial charge on any atom is -0.351 e. The fraction of sp³-hybridized carbons (Fsp3) is 0.824. The lowest BCUT2D eigenvalue weighted by atomic mass is 9.95. The van der Waals surface area contributed by atoms with E-state index in [-0.39, 0.29) is 29.9 Å². The van der Waals surface area contributed by atoms with Crippen molar-refractivity contribution >= 4 is 17.8 Å². The van der Waals surface area contributed by atoms with Crippen LogP contribution in [0.4, 0.5) is 4.79 Å². The lowest BCUT2D eigenvalue weighted by Crippen LogP contribution is -2.53. The van der Waals surface area contributed by atoms with E-state index in [1.165, 1.54) is 19.3 Å². The van der Waals surface area contributed by atoms with E-state index in [0.717, 1.165) is 25.7 Å². The Morgan fingerprint density at radius 3 is 2.21 bits per heavy atom. The summed E-state index contributed by atoms with van der Waals surface area (Å²) in [7, 11) is 0. The highest BCUT2D eigenvalue weighted by Gasteiger charge is 2.30. The van der Waals surface area contributed by atoms with E-state index in [4.69, 9.17) is 0 Å². The molecule has 3 rings (SSSR count). The molecule has 0 aromatic heterocycles. The van der Waals surface area contributed by atoms with Crippen molar-refractivity contribution in [3.8, 4) is 0 Å². The SMILES string of the molecule is O=C1CCC(C(=O)NC2CCN(C(=O)NC3CCCCC3)CC2)N1. The number of amides is 4. The van der Waals surface area contributed by atoms with Crippen molar-refractivity contribution in [2.45, 2.75) is 75.9 Å². The van der Waals surface area contributed by atoms with E-state index in [9.17, 15) is 14.4 Å². The molecule has 0 aromatic carbocycles.